The van der Waals surface area contributed by atoms with Crippen molar-refractivity contribution in [1.29, 1.82) is 0 Å². The van der Waals surface area contributed by atoms with Crippen molar-refractivity contribution in [3.05, 3.63) is 93.6 Å². The van der Waals surface area contributed by atoms with Crippen molar-refractivity contribution in [3.63, 3.8) is 0 Å². The number of ether oxygens (including phenoxy) is 2. The first-order chi connectivity index (χ1) is 19.5. The molecule has 3 aromatic carbocycles. The number of nitrogen functional groups attached to an aromatic ring is 1. The summed E-state index contributed by atoms with van der Waals surface area (Å²) in [6.45, 7) is 2.41. The second-order valence-electron chi connectivity index (χ2n) is 8.49. The number of nitrogens with two attached hydrogens (primary N) is 1. The van der Waals surface area contributed by atoms with Gasteiger partial charge in [-0.25, -0.2) is 10.1 Å². The summed E-state index contributed by atoms with van der Waals surface area (Å²) in [4.78, 5) is 13.3. The summed E-state index contributed by atoms with van der Waals surface area (Å²) in [5.74, 6) is 0.417. The zero-order valence-corrected chi connectivity index (χ0v) is 23.0. The summed E-state index contributed by atoms with van der Waals surface area (Å²) >= 11 is 3.55. The van der Waals surface area contributed by atoms with Gasteiger partial charge in [-0.3, -0.25) is 4.79 Å². The number of rotatable bonds is 9. The van der Waals surface area contributed by atoms with E-state index in [9.17, 15) is 4.79 Å². The lowest BCUT2D eigenvalue weighted by Crippen LogP contribution is -2.22. The van der Waals surface area contributed by atoms with Crippen LogP contribution in [0.4, 0.5) is 5.82 Å². The topological polar surface area (TPSA) is 156 Å². The van der Waals surface area contributed by atoms with Crippen LogP contribution in [0.1, 0.15) is 27.2 Å². The molecule has 0 fully saturated rings. The SMILES string of the molecule is COc1cc(C=NNC(=O)c2c(-c3ccccc3)nnn2-c2nonc2N)cc(Br)c1OCc1ccccc1C. The van der Waals surface area contributed by atoms with Crippen LogP contribution >= 0.6 is 15.9 Å². The first-order valence-electron chi connectivity index (χ1n) is 11.9. The van der Waals surface area contributed by atoms with Crippen molar-refractivity contribution in [2.45, 2.75) is 13.5 Å². The van der Waals surface area contributed by atoms with Gasteiger partial charge in [0.2, 0.25) is 11.6 Å². The fourth-order valence-corrected chi connectivity index (χ4v) is 4.43. The van der Waals surface area contributed by atoms with Gasteiger partial charge >= 0.3 is 0 Å². The van der Waals surface area contributed by atoms with E-state index in [0.29, 0.717) is 39.4 Å². The molecule has 2 heterocycles. The highest BCUT2D eigenvalue weighted by Gasteiger charge is 2.26. The number of carbonyl (C=O) groups is 1. The molecule has 12 nitrogen and oxygen atoms in total. The van der Waals surface area contributed by atoms with Crippen molar-refractivity contribution in [1.82, 2.24) is 30.7 Å². The number of hydrazone groups is 1. The molecule has 0 aliphatic rings. The molecule has 0 saturated heterocycles. The van der Waals surface area contributed by atoms with E-state index in [0.717, 1.165) is 15.8 Å². The number of aromatic nitrogens is 5. The van der Waals surface area contributed by atoms with Gasteiger partial charge < -0.3 is 15.2 Å². The van der Waals surface area contributed by atoms with Gasteiger partial charge in [0.25, 0.3) is 5.91 Å². The van der Waals surface area contributed by atoms with E-state index in [1.54, 1.807) is 31.4 Å². The summed E-state index contributed by atoms with van der Waals surface area (Å²) in [7, 11) is 1.55. The smallest absolute Gasteiger partial charge is 0.292 e. The van der Waals surface area contributed by atoms with Crippen LogP contribution in [0.25, 0.3) is 17.1 Å². The summed E-state index contributed by atoms with van der Waals surface area (Å²) in [6.07, 6.45) is 1.47. The lowest BCUT2D eigenvalue weighted by Gasteiger charge is -2.14. The van der Waals surface area contributed by atoms with Gasteiger partial charge in [-0.15, -0.1) is 5.10 Å². The maximum absolute atomic E-state index is 13.3. The monoisotopic (exact) mass is 602 g/mol. The van der Waals surface area contributed by atoms with Crippen LogP contribution in [0, 0.1) is 6.92 Å². The first kappa shape index (κ1) is 26.6. The largest absolute Gasteiger partial charge is 0.493 e. The Morgan fingerprint density at radius 1 is 1.15 bits per heavy atom. The molecule has 5 rings (SSSR count). The summed E-state index contributed by atoms with van der Waals surface area (Å²) < 4.78 is 18.1. The Morgan fingerprint density at radius 3 is 2.65 bits per heavy atom. The zero-order valence-electron chi connectivity index (χ0n) is 21.4. The number of nitrogens with zero attached hydrogens (tertiary/aromatic N) is 6. The fraction of sp³-hybridized carbons (Fsp3) is 0.111. The molecule has 13 heteroatoms. The van der Waals surface area contributed by atoms with E-state index in [-0.39, 0.29) is 17.3 Å². The Labute approximate surface area is 236 Å². The van der Waals surface area contributed by atoms with Crippen LogP contribution in [0.5, 0.6) is 11.5 Å². The minimum atomic E-state index is -0.605. The Balaban J connectivity index is 1.37. The van der Waals surface area contributed by atoms with Crippen LogP contribution in [0.2, 0.25) is 0 Å². The highest BCUT2D eigenvalue weighted by molar-refractivity contribution is 9.10. The number of benzene rings is 3. The number of hydrogen-bond acceptors (Lipinski definition) is 10. The lowest BCUT2D eigenvalue weighted by molar-refractivity contribution is 0.0947. The van der Waals surface area contributed by atoms with Crippen molar-refractivity contribution in [2.24, 2.45) is 5.10 Å². The predicted molar refractivity (Wildman–Crippen MR) is 150 cm³/mol. The number of halogens is 1. The molecule has 0 atom stereocenters. The second kappa shape index (κ2) is 11.8. The standard InChI is InChI=1S/C27H23BrN8O4/c1-16-8-6-7-11-19(16)15-39-24-20(28)12-17(13-21(24)38-2)14-30-32-27(37)23-22(18-9-4-3-5-10-18)31-35-36(23)26-25(29)33-40-34-26/h3-14H,15H2,1-2H3,(H2,29,33)(H,32,37). The van der Waals surface area contributed by atoms with E-state index in [1.165, 1.54) is 6.21 Å². The number of aryl methyl sites for hydroxylation is 1. The molecule has 0 spiro atoms. The molecule has 0 aliphatic heterocycles. The molecule has 40 heavy (non-hydrogen) atoms. The Morgan fingerprint density at radius 2 is 1.93 bits per heavy atom. The highest BCUT2D eigenvalue weighted by atomic mass is 79.9. The molecule has 0 saturated carbocycles. The summed E-state index contributed by atoms with van der Waals surface area (Å²) in [5, 5.41) is 19.6. The van der Waals surface area contributed by atoms with Crippen LogP contribution in [-0.4, -0.2) is 44.5 Å². The minimum absolute atomic E-state index is 0.0266. The van der Waals surface area contributed by atoms with Crippen LogP contribution in [-0.2, 0) is 6.61 Å². The van der Waals surface area contributed by atoms with Crippen LogP contribution in [0.3, 0.4) is 0 Å². The second-order valence-corrected chi connectivity index (χ2v) is 9.34. The third-order valence-corrected chi connectivity index (χ3v) is 6.48. The zero-order chi connectivity index (χ0) is 28.1. The van der Waals surface area contributed by atoms with Gasteiger partial charge in [0.05, 0.1) is 17.8 Å². The quantitative estimate of drug-likeness (QED) is 0.185. The third-order valence-electron chi connectivity index (χ3n) is 5.89. The van der Waals surface area contributed by atoms with Crippen LogP contribution in [0.15, 0.2) is 80.9 Å². The Bertz CT molecular complexity index is 1680. The average molecular weight is 603 g/mol. The van der Waals surface area contributed by atoms with Gasteiger partial charge in [-0.2, -0.15) is 9.78 Å². The number of methoxy groups -OCH3 is 1. The van der Waals surface area contributed by atoms with E-state index >= 15 is 0 Å². The molecule has 0 aliphatic carbocycles. The van der Waals surface area contributed by atoms with E-state index in [1.807, 2.05) is 49.4 Å². The molecular weight excluding hydrogens is 580 g/mol. The van der Waals surface area contributed by atoms with E-state index < -0.39 is 5.91 Å². The van der Waals surface area contributed by atoms with Gasteiger partial charge in [0.1, 0.15) is 12.3 Å². The normalized spacial score (nSPS) is 11.1. The van der Waals surface area contributed by atoms with Crippen molar-refractivity contribution in [3.8, 4) is 28.6 Å². The molecule has 5 aromatic rings. The summed E-state index contributed by atoms with van der Waals surface area (Å²) in [6, 6.07) is 20.6. The number of amides is 1. The Kier molecular flexibility index (Phi) is 7.82. The maximum atomic E-state index is 13.3. The average Bonchev–Trinajstić information content (AvgIpc) is 3.59. The number of nitrogens with one attached hydrogen (secondary N) is 1. The van der Waals surface area contributed by atoms with E-state index in [2.05, 4.69) is 51.7 Å². The maximum Gasteiger partial charge on any atom is 0.292 e. The molecule has 2 aromatic heterocycles. The molecule has 202 valence electrons. The van der Waals surface area contributed by atoms with Crippen molar-refractivity contribution in [2.75, 3.05) is 12.8 Å². The molecule has 0 radical (unpaired) electrons. The number of hydrogen-bond donors (Lipinski definition) is 2. The third kappa shape index (κ3) is 5.54. The predicted octanol–water partition coefficient (Wildman–Crippen LogP) is 4.32. The van der Waals surface area contributed by atoms with Crippen LogP contribution < -0.4 is 20.6 Å². The minimum Gasteiger partial charge on any atom is -0.493 e. The molecule has 0 bridgehead atoms. The van der Waals surface area contributed by atoms with Gasteiger partial charge in [-0.05, 0) is 62.0 Å². The molecule has 1 amide bonds. The van der Waals surface area contributed by atoms with E-state index in [4.69, 9.17) is 15.2 Å². The van der Waals surface area contributed by atoms with Crippen molar-refractivity contribution < 1.29 is 18.9 Å². The molecule has 0 unspecified atom stereocenters. The highest BCUT2D eigenvalue weighted by Crippen LogP contribution is 2.37. The van der Waals surface area contributed by atoms with Gasteiger partial charge in [0.15, 0.2) is 17.2 Å². The molecular formula is C27H23BrN8O4. The number of carbonyl (C=O) groups excluding carboxylic acids is 1. The number of anilines is 1. The molecule has 3 N–H and O–H groups in total. The Hall–Kier alpha value is -5.04. The van der Waals surface area contributed by atoms with Crippen molar-refractivity contribution >= 4 is 33.9 Å². The lowest BCUT2D eigenvalue weighted by atomic mass is 10.1. The summed E-state index contributed by atoms with van der Waals surface area (Å²) in [5.41, 5.74) is 12.2. The van der Waals surface area contributed by atoms with Gasteiger partial charge in [-0.1, -0.05) is 59.8 Å². The fourth-order valence-electron chi connectivity index (χ4n) is 3.86. The first-order valence-corrected chi connectivity index (χ1v) is 12.7. The van der Waals surface area contributed by atoms with Gasteiger partial charge in [0, 0.05) is 5.56 Å².